The number of aryl methyl sites for hydroxylation is 1. The largest absolute Gasteiger partial charge is 0.493 e. The smallest absolute Gasteiger partial charge is 0.131 e. The van der Waals surface area contributed by atoms with E-state index in [1.807, 2.05) is 18.5 Å². The number of pyridine rings is 1. The number of hydrogen-bond acceptors (Lipinski definition) is 3. The third-order valence-corrected chi connectivity index (χ3v) is 4.34. The molecule has 0 fully saturated rings. The molecule has 1 atom stereocenters. The lowest BCUT2D eigenvalue weighted by molar-refractivity contribution is 0.220. The second kappa shape index (κ2) is 6.61. The first-order valence-electron chi connectivity index (χ1n) is 8.44. The summed E-state index contributed by atoms with van der Waals surface area (Å²) < 4.78 is 12.1. The van der Waals surface area contributed by atoms with Crippen LogP contribution < -0.4 is 9.47 Å². The monoisotopic (exact) mass is 311 g/mol. The van der Waals surface area contributed by atoms with Crippen LogP contribution in [0.3, 0.4) is 0 Å². The zero-order chi connectivity index (χ0) is 16.4. The van der Waals surface area contributed by atoms with Gasteiger partial charge in [0.1, 0.15) is 17.6 Å². The van der Waals surface area contributed by atoms with Gasteiger partial charge in [-0.05, 0) is 55.9 Å². The SMILES string of the molecule is Cc1cc2c(cc1OCCCC(C)C)OC(C)c1cnccc1-2. The fourth-order valence-electron chi connectivity index (χ4n) is 3.04. The van der Waals surface area contributed by atoms with Crippen LogP contribution in [0.15, 0.2) is 30.6 Å². The van der Waals surface area contributed by atoms with Crippen molar-refractivity contribution in [3.05, 3.63) is 41.7 Å². The van der Waals surface area contributed by atoms with E-state index >= 15 is 0 Å². The number of rotatable bonds is 5. The maximum atomic E-state index is 6.08. The molecule has 23 heavy (non-hydrogen) atoms. The van der Waals surface area contributed by atoms with E-state index in [1.54, 1.807) is 0 Å². The molecule has 0 bridgehead atoms. The number of hydrogen-bond donors (Lipinski definition) is 0. The van der Waals surface area contributed by atoms with E-state index in [-0.39, 0.29) is 6.10 Å². The molecule has 1 aliphatic rings. The van der Waals surface area contributed by atoms with Crippen molar-refractivity contribution in [2.24, 2.45) is 5.92 Å². The van der Waals surface area contributed by atoms with Gasteiger partial charge in [0.05, 0.1) is 6.61 Å². The Kier molecular flexibility index (Phi) is 4.56. The summed E-state index contributed by atoms with van der Waals surface area (Å²) in [6.07, 6.45) is 6.03. The molecule has 0 N–H and O–H groups in total. The Hall–Kier alpha value is -2.03. The van der Waals surface area contributed by atoms with Crippen LogP contribution in [-0.4, -0.2) is 11.6 Å². The van der Waals surface area contributed by atoms with E-state index in [0.29, 0.717) is 0 Å². The molecule has 0 aliphatic carbocycles. The van der Waals surface area contributed by atoms with Crippen molar-refractivity contribution >= 4 is 0 Å². The maximum Gasteiger partial charge on any atom is 0.131 e. The summed E-state index contributed by atoms with van der Waals surface area (Å²) in [5.74, 6) is 2.55. The molecule has 0 saturated heterocycles. The molecule has 1 unspecified atom stereocenters. The van der Waals surface area contributed by atoms with Crippen LogP contribution in [-0.2, 0) is 0 Å². The highest BCUT2D eigenvalue weighted by molar-refractivity contribution is 5.77. The van der Waals surface area contributed by atoms with Gasteiger partial charge in [0.15, 0.2) is 0 Å². The number of fused-ring (bicyclic) bond motifs is 3. The van der Waals surface area contributed by atoms with Gasteiger partial charge in [-0.15, -0.1) is 0 Å². The molecule has 3 heteroatoms. The maximum absolute atomic E-state index is 6.08. The fraction of sp³-hybridized carbons (Fsp3) is 0.450. The first kappa shape index (κ1) is 15.9. The van der Waals surface area contributed by atoms with Gasteiger partial charge >= 0.3 is 0 Å². The fourth-order valence-corrected chi connectivity index (χ4v) is 3.04. The third-order valence-electron chi connectivity index (χ3n) is 4.34. The van der Waals surface area contributed by atoms with Crippen LogP contribution in [0.1, 0.15) is 50.8 Å². The first-order valence-corrected chi connectivity index (χ1v) is 8.44. The van der Waals surface area contributed by atoms with Crippen molar-refractivity contribution < 1.29 is 9.47 Å². The van der Waals surface area contributed by atoms with E-state index < -0.39 is 0 Å². The van der Waals surface area contributed by atoms with E-state index in [2.05, 4.69) is 44.8 Å². The zero-order valence-electron chi connectivity index (χ0n) is 14.4. The highest BCUT2D eigenvalue weighted by Gasteiger charge is 2.24. The Morgan fingerprint density at radius 3 is 2.87 bits per heavy atom. The van der Waals surface area contributed by atoms with Crippen molar-refractivity contribution in [3.8, 4) is 22.6 Å². The first-order chi connectivity index (χ1) is 11.1. The highest BCUT2D eigenvalue weighted by atomic mass is 16.5. The number of aromatic nitrogens is 1. The molecule has 1 aromatic carbocycles. The molecular weight excluding hydrogens is 286 g/mol. The summed E-state index contributed by atoms with van der Waals surface area (Å²) in [7, 11) is 0. The van der Waals surface area contributed by atoms with Gasteiger partial charge in [-0.2, -0.15) is 0 Å². The van der Waals surface area contributed by atoms with Crippen molar-refractivity contribution in [1.82, 2.24) is 4.98 Å². The van der Waals surface area contributed by atoms with Gasteiger partial charge in [0.25, 0.3) is 0 Å². The molecule has 2 aromatic rings. The Morgan fingerprint density at radius 2 is 2.09 bits per heavy atom. The number of nitrogens with zero attached hydrogens (tertiary/aromatic N) is 1. The molecule has 2 heterocycles. The Morgan fingerprint density at radius 1 is 1.26 bits per heavy atom. The summed E-state index contributed by atoms with van der Waals surface area (Å²) in [6, 6.07) is 6.27. The van der Waals surface area contributed by atoms with Gasteiger partial charge in [0.2, 0.25) is 0 Å². The van der Waals surface area contributed by atoms with Crippen LogP contribution in [0, 0.1) is 12.8 Å². The van der Waals surface area contributed by atoms with Crippen LogP contribution in [0.2, 0.25) is 0 Å². The van der Waals surface area contributed by atoms with Crippen LogP contribution >= 0.6 is 0 Å². The minimum Gasteiger partial charge on any atom is -0.493 e. The van der Waals surface area contributed by atoms with Crippen molar-refractivity contribution in [1.29, 1.82) is 0 Å². The van der Waals surface area contributed by atoms with E-state index in [9.17, 15) is 0 Å². The summed E-state index contributed by atoms with van der Waals surface area (Å²) in [6.45, 7) is 9.40. The number of ether oxygens (including phenoxy) is 2. The molecule has 122 valence electrons. The molecule has 0 radical (unpaired) electrons. The summed E-state index contributed by atoms with van der Waals surface area (Å²) in [5, 5.41) is 0. The lowest BCUT2D eigenvalue weighted by Crippen LogP contribution is -2.12. The van der Waals surface area contributed by atoms with Crippen molar-refractivity contribution in [2.75, 3.05) is 6.61 Å². The van der Waals surface area contributed by atoms with E-state index in [1.165, 1.54) is 12.0 Å². The van der Waals surface area contributed by atoms with E-state index in [4.69, 9.17) is 9.47 Å². The lowest BCUT2D eigenvalue weighted by Gasteiger charge is -2.27. The molecule has 1 aromatic heterocycles. The predicted molar refractivity (Wildman–Crippen MR) is 93.0 cm³/mol. The Balaban J connectivity index is 1.84. The Labute approximate surface area is 138 Å². The third kappa shape index (κ3) is 3.34. The van der Waals surface area contributed by atoms with Gasteiger partial charge in [-0.3, -0.25) is 4.98 Å². The highest BCUT2D eigenvalue weighted by Crippen LogP contribution is 2.44. The molecular formula is C20H25NO2. The average molecular weight is 311 g/mol. The summed E-state index contributed by atoms with van der Waals surface area (Å²) in [5.41, 5.74) is 4.63. The molecule has 0 spiro atoms. The lowest BCUT2D eigenvalue weighted by atomic mass is 9.94. The minimum atomic E-state index is 0.0164. The standard InChI is InChI=1S/C20H25NO2/c1-13(2)6-5-9-22-19-11-20-17(10-14(19)3)16-7-8-21-12-18(16)15(4)23-20/h7-8,10-13,15H,5-6,9H2,1-4H3. The molecule has 1 aliphatic heterocycles. The van der Waals surface area contributed by atoms with Crippen LogP contribution in [0.4, 0.5) is 0 Å². The predicted octanol–water partition coefficient (Wildman–Crippen LogP) is 5.33. The van der Waals surface area contributed by atoms with Gasteiger partial charge in [-0.1, -0.05) is 13.8 Å². The molecule has 0 saturated carbocycles. The molecule has 3 nitrogen and oxygen atoms in total. The molecule has 0 amide bonds. The van der Waals surface area contributed by atoms with Crippen LogP contribution in [0.25, 0.3) is 11.1 Å². The average Bonchev–Trinajstić information content (AvgIpc) is 2.53. The topological polar surface area (TPSA) is 31.4 Å². The second-order valence-electron chi connectivity index (χ2n) is 6.72. The minimum absolute atomic E-state index is 0.0164. The summed E-state index contributed by atoms with van der Waals surface area (Å²) in [4.78, 5) is 4.22. The molecule has 3 rings (SSSR count). The number of benzene rings is 1. The van der Waals surface area contributed by atoms with Gasteiger partial charge < -0.3 is 9.47 Å². The normalized spacial score (nSPS) is 15.8. The van der Waals surface area contributed by atoms with Crippen molar-refractivity contribution in [3.63, 3.8) is 0 Å². The zero-order valence-corrected chi connectivity index (χ0v) is 14.4. The Bertz CT molecular complexity index is 694. The quantitative estimate of drug-likeness (QED) is 0.700. The van der Waals surface area contributed by atoms with Gasteiger partial charge in [0, 0.05) is 29.6 Å². The van der Waals surface area contributed by atoms with Gasteiger partial charge in [-0.25, -0.2) is 0 Å². The van der Waals surface area contributed by atoms with Crippen molar-refractivity contribution in [2.45, 2.75) is 46.6 Å². The summed E-state index contributed by atoms with van der Waals surface area (Å²) >= 11 is 0. The second-order valence-corrected chi connectivity index (χ2v) is 6.72. The van der Waals surface area contributed by atoms with Crippen LogP contribution in [0.5, 0.6) is 11.5 Å². The van der Waals surface area contributed by atoms with E-state index in [0.717, 1.165) is 47.1 Å².